The number of benzene rings is 2. The van der Waals surface area contributed by atoms with Crippen LogP contribution >= 0.6 is 0 Å². The van der Waals surface area contributed by atoms with Crippen LogP contribution in [0.3, 0.4) is 0 Å². The fourth-order valence-electron chi connectivity index (χ4n) is 2.72. The summed E-state index contributed by atoms with van der Waals surface area (Å²) in [6, 6.07) is 16.3. The van der Waals surface area contributed by atoms with Crippen LogP contribution in [-0.2, 0) is 16.6 Å². The molecule has 1 atom stereocenters. The van der Waals surface area contributed by atoms with Crippen LogP contribution < -0.4 is 10.1 Å². The Labute approximate surface area is 151 Å². The molecule has 1 N–H and O–H groups in total. The highest BCUT2D eigenvalue weighted by molar-refractivity contribution is 5.76. The number of rotatable bonds is 6. The van der Waals surface area contributed by atoms with Gasteiger partial charge in [0.2, 0.25) is 5.91 Å². The molecule has 1 amide bonds. The van der Waals surface area contributed by atoms with Crippen molar-refractivity contribution >= 4 is 5.91 Å². The molecule has 0 unspecified atom stereocenters. The number of hydrogen-bond acceptors (Lipinski definition) is 2. The van der Waals surface area contributed by atoms with E-state index in [9.17, 15) is 4.79 Å². The van der Waals surface area contributed by atoms with Crippen molar-refractivity contribution in [3.05, 3.63) is 65.2 Å². The molecule has 2 rings (SSSR count). The van der Waals surface area contributed by atoms with Crippen LogP contribution in [0.15, 0.2) is 48.5 Å². The first-order valence-corrected chi connectivity index (χ1v) is 8.82. The highest BCUT2D eigenvalue weighted by atomic mass is 16.5. The predicted molar refractivity (Wildman–Crippen MR) is 103 cm³/mol. The van der Waals surface area contributed by atoms with Gasteiger partial charge in [0.15, 0.2) is 0 Å². The van der Waals surface area contributed by atoms with Crippen molar-refractivity contribution in [3.8, 4) is 5.75 Å². The zero-order chi connectivity index (χ0) is 18.4. The van der Waals surface area contributed by atoms with Gasteiger partial charge in [-0.15, -0.1) is 0 Å². The first kappa shape index (κ1) is 19.0. The van der Waals surface area contributed by atoms with Crippen LogP contribution in [0.1, 0.15) is 56.8 Å². The summed E-state index contributed by atoms with van der Waals surface area (Å²) in [6.07, 6.45) is 1.25. The Kier molecular flexibility index (Phi) is 6.24. The van der Waals surface area contributed by atoms with E-state index in [2.05, 4.69) is 50.4 Å². The molecule has 2 aromatic carbocycles. The smallest absolute Gasteiger partial charge is 0.220 e. The maximum Gasteiger partial charge on any atom is 0.220 e. The predicted octanol–water partition coefficient (Wildman–Crippen LogP) is 4.80. The monoisotopic (exact) mass is 339 g/mol. The summed E-state index contributed by atoms with van der Waals surface area (Å²) in [5, 5.41) is 3.06. The zero-order valence-corrected chi connectivity index (χ0v) is 15.9. The number of amides is 1. The molecule has 0 saturated carbocycles. The molecule has 134 valence electrons. The third kappa shape index (κ3) is 5.63. The summed E-state index contributed by atoms with van der Waals surface area (Å²) in [5.74, 6) is 0.893. The Bertz CT molecular complexity index is 681. The lowest BCUT2D eigenvalue weighted by Gasteiger charge is -2.19. The quantitative estimate of drug-likeness (QED) is 0.821. The number of carbonyl (C=O) groups is 1. The van der Waals surface area contributed by atoms with Gasteiger partial charge in [0.1, 0.15) is 5.75 Å². The Morgan fingerprint density at radius 1 is 1.04 bits per heavy atom. The fraction of sp³-hybridized carbons (Fsp3) is 0.409. The number of aryl methyl sites for hydroxylation is 1. The van der Waals surface area contributed by atoms with E-state index < -0.39 is 0 Å². The minimum absolute atomic E-state index is 0.0123. The molecule has 3 nitrogen and oxygen atoms in total. The molecule has 0 aromatic heterocycles. The second-order valence-corrected chi connectivity index (χ2v) is 7.51. The van der Waals surface area contributed by atoms with E-state index in [0.29, 0.717) is 6.42 Å². The highest BCUT2D eigenvalue weighted by Gasteiger charge is 2.13. The summed E-state index contributed by atoms with van der Waals surface area (Å²) >= 11 is 0. The van der Waals surface area contributed by atoms with Crippen molar-refractivity contribution in [2.75, 3.05) is 7.11 Å². The second-order valence-electron chi connectivity index (χ2n) is 7.51. The van der Waals surface area contributed by atoms with Crippen LogP contribution in [0.2, 0.25) is 0 Å². The molecule has 2 aromatic rings. The van der Waals surface area contributed by atoms with Gasteiger partial charge in [-0.05, 0) is 47.6 Å². The average molecular weight is 339 g/mol. The molecule has 0 aliphatic heterocycles. The SMILES string of the molecule is COc1ccc([C@H](C)NC(=O)CCc2ccc(C(C)(C)C)cc2)cc1. The van der Waals surface area contributed by atoms with Gasteiger partial charge in [-0.2, -0.15) is 0 Å². The first-order chi connectivity index (χ1) is 11.8. The number of hydrogen-bond donors (Lipinski definition) is 1. The van der Waals surface area contributed by atoms with Crippen molar-refractivity contribution in [2.45, 2.75) is 52.0 Å². The van der Waals surface area contributed by atoms with Gasteiger partial charge in [-0.1, -0.05) is 57.2 Å². The Hall–Kier alpha value is -2.29. The third-order valence-electron chi connectivity index (χ3n) is 4.45. The van der Waals surface area contributed by atoms with E-state index in [1.807, 2.05) is 31.2 Å². The van der Waals surface area contributed by atoms with Crippen molar-refractivity contribution in [2.24, 2.45) is 0 Å². The van der Waals surface area contributed by atoms with E-state index in [4.69, 9.17) is 4.74 Å². The largest absolute Gasteiger partial charge is 0.497 e. The molecule has 0 fully saturated rings. The van der Waals surface area contributed by atoms with Gasteiger partial charge in [0.05, 0.1) is 13.2 Å². The Morgan fingerprint density at radius 2 is 1.64 bits per heavy atom. The van der Waals surface area contributed by atoms with Crippen LogP contribution in [0.25, 0.3) is 0 Å². The summed E-state index contributed by atoms with van der Waals surface area (Å²) < 4.78 is 5.16. The van der Waals surface area contributed by atoms with Gasteiger partial charge in [0.25, 0.3) is 0 Å². The molecule has 0 bridgehead atoms. The van der Waals surface area contributed by atoms with Crippen molar-refractivity contribution in [1.29, 1.82) is 0 Å². The maximum atomic E-state index is 12.2. The molecule has 25 heavy (non-hydrogen) atoms. The zero-order valence-electron chi connectivity index (χ0n) is 15.9. The molecular formula is C22H29NO2. The van der Waals surface area contributed by atoms with Crippen LogP contribution in [0, 0.1) is 0 Å². The minimum atomic E-state index is -0.0123. The fourth-order valence-corrected chi connectivity index (χ4v) is 2.72. The lowest BCUT2D eigenvalue weighted by molar-refractivity contribution is -0.121. The van der Waals surface area contributed by atoms with Gasteiger partial charge in [-0.25, -0.2) is 0 Å². The van der Waals surface area contributed by atoms with Gasteiger partial charge < -0.3 is 10.1 Å². The molecule has 0 aliphatic carbocycles. The van der Waals surface area contributed by atoms with Crippen molar-refractivity contribution < 1.29 is 9.53 Å². The van der Waals surface area contributed by atoms with E-state index >= 15 is 0 Å². The summed E-state index contributed by atoms with van der Waals surface area (Å²) in [4.78, 5) is 12.2. The minimum Gasteiger partial charge on any atom is -0.497 e. The standard InChI is InChI=1S/C22H29NO2/c1-16(18-9-13-20(25-5)14-10-18)23-21(24)15-8-17-6-11-19(12-7-17)22(2,3)4/h6-7,9-14,16H,8,15H2,1-5H3,(H,23,24)/t16-/m0/s1. The molecule has 3 heteroatoms. The summed E-state index contributed by atoms with van der Waals surface area (Å²) in [5.41, 5.74) is 3.74. The lowest BCUT2D eigenvalue weighted by Crippen LogP contribution is -2.26. The van der Waals surface area contributed by atoms with Gasteiger partial charge in [0, 0.05) is 6.42 Å². The molecule has 0 spiro atoms. The summed E-state index contributed by atoms with van der Waals surface area (Å²) in [7, 11) is 1.65. The normalized spacial score (nSPS) is 12.5. The van der Waals surface area contributed by atoms with Crippen LogP contribution in [0.5, 0.6) is 5.75 Å². The number of nitrogens with one attached hydrogen (secondary N) is 1. The Balaban J connectivity index is 1.85. The van der Waals surface area contributed by atoms with E-state index in [1.165, 1.54) is 11.1 Å². The average Bonchev–Trinajstić information content (AvgIpc) is 2.59. The molecular weight excluding hydrogens is 310 g/mol. The van der Waals surface area contributed by atoms with Gasteiger partial charge >= 0.3 is 0 Å². The van der Waals surface area contributed by atoms with Crippen LogP contribution in [-0.4, -0.2) is 13.0 Å². The number of ether oxygens (including phenoxy) is 1. The topological polar surface area (TPSA) is 38.3 Å². The maximum absolute atomic E-state index is 12.2. The highest BCUT2D eigenvalue weighted by Crippen LogP contribution is 2.22. The van der Waals surface area contributed by atoms with Crippen molar-refractivity contribution in [3.63, 3.8) is 0 Å². The molecule has 0 heterocycles. The lowest BCUT2D eigenvalue weighted by atomic mass is 9.86. The van der Waals surface area contributed by atoms with E-state index in [-0.39, 0.29) is 17.4 Å². The Morgan fingerprint density at radius 3 is 2.16 bits per heavy atom. The van der Waals surface area contributed by atoms with Crippen LogP contribution in [0.4, 0.5) is 0 Å². The van der Waals surface area contributed by atoms with E-state index in [1.54, 1.807) is 7.11 Å². The van der Waals surface area contributed by atoms with E-state index in [0.717, 1.165) is 17.7 Å². The molecule has 0 radical (unpaired) electrons. The van der Waals surface area contributed by atoms with Gasteiger partial charge in [-0.3, -0.25) is 4.79 Å². The second kappa shape index (κ2) is 8.19. The van der Waals surface area contributed by atoms with Crippen molar-refractivity contribution in [1.82, 2.24) is 5.32 Å². The number of carbonyl (C=O) groups excluding carboxylic acids is 1. The number of methoxy groups -OCH3 is 1. The third-order valence-corrected chi connectivity index (χ3v) is 4.45. The molecule has 0 aliphatic rings. The first-order valence-electron chi connectivity index (χ1n) is 8.82. The summed E-state index contributed by atoms with van der Waals surface area (Å²) in [6.45, 7) is 8.61. The molecule has 0 saturated heterocycles.